The highest BCUT2D eigenvalue weighted by Crippen LogP contribution is 2.05. The molecule has 0 bridgehead atoms. The second kappa shape index (κ2) is 4.66. The van der Waals surface area contributed by atoms with Gasteiger partial charge in [0.1, 0.15) is 0 Å². The second-order valence-electron chi connectivity index (χ2n) is 2.57. The van der Waals surface area contributed by atoms with Crippen LogP contribution < -0.4 is 0 Å². The van der Waals surface area contributed by atoms with Crippen molar-refractivity contribution >= 4 is 0 Å². The zero-order chi connectivity index (χ0) is 8.15. The van der Waals surface area contributed by atoms with E-state index in [0.717, 1.165) is 0 Å². The van der Waals surface area contributed by atoms with Crippen LogP contribution in [0.3, 0.4) is 0 Å². The van der Waals surface area contributed by atoms with E-state index in [1.165, 1.54) is 7.11 Å². The molecule has 3 nitrogen and oxygen atoms in total. The molecule has 0 aromatic carbocycles. The van der Waals surface area contributed by atoms with Crippen LogP contribution in [0.15, 0.2) is 0 Å². The van der Waals surface area contributed by atoms with Gasteiger partial charge in [-0.15, -0.1) is 0 Å². The molecule has 62 valence electrons. The van der Waals surface area contributed by atoms with E-state index in [0.29, 0.717) is 0 Å². The highest BCUT2D eigenvalue weighted by molar-refractivity contribution is 4.46. The van der Waals surface area contributed by atoms with Gasteiger partial charge in [0.2, 0.25) is 0 Å². The highest BCUT2D eigenvalue weighted by Gasteiger charge is 2.12. The van der Waals surface area contributed by atoms with E-state index in [-0.39, 0.29) is 12.2 Å². The molecule has 2 unspecified atom stereocenters. The minimum Gasteiger partial charge on any atom is -0.368 e. The lowest BCUT2D eigenvalue weighted by Gasteiger charge is -2.19. The summed E-state index contributed by atoms with van der Waals surface area (Å²) in [6, 6.07) is 0. The molecular weight excluding hydrogens is 132 g/mol. The smallest absolute Gasteiger partial charge is 0.159 e. The molecule has 3 heteroatoms. The molecule has 0 spiro atoms. The predicted molar refractivity (Wildman–Crippen MR) is 38.4 cm³/mol. The average Bonchev–Trinajstić information content (AvgIpc) is 1.87. The van der Waals surface area contributed by atoms with Crippen molar-refractivity contribution in [2.75, 3.05) is 7.11 Å². The lowest BCUT2D eigenvalue weighted by molar-refractivity contribution is -0.225. The van der Waals surface area contributed by atoms with Crippen molar-refractivity contribution in [1.82, 2.24) is 0 Å². The third kappa shape index (κ3) is 3.82. The summed E-state index contributed by atoms with van der Waals surface area (Å²) in [5.74, 6) is 0.109. The molecule has 0 aliphatic carbocycles. The maximum atomic E-state index is 9.13. The SMILES string of the molecule is COC(C)OC(O)C(C)C. The summed E-state index contributed by atoms with van der Waals surface area (Å²) in [7, 11) is 1.54. The third-order valence-corrected chi connectivity index (χ3v) is 1.23. The summed E-state index contributed by atoms with van der Waals surface area (Å²) in [6.07, 6.45) is -1.06. The number of aliphatic hydroxyl groups is 1. The first kappa shape index (κ1) is 9.88. The van der Waals surface area contributed by atoms with Gasteiger partial charge < -0.3 is 14.6 Å². The van der Waals surface area contributed by atoms with Crippen LogP contribution in [0.4, 0.5) is 0 Å². The Balaban J connectivity index is 3.46. The molecule has 0 aromatic rings. The molecule has 0 heterocycles. The van der Waals surface area contributed by atoms with Gasteiger partial charge in [-0.05, 0) is 6.92 Å². The first-order valence-electron chi connectivity index (χ1n) is 3.44. The van der Waals surface area contributed by atoms with Crippen LogP contribution in [0.1, 0.15) is 20.8 Å². The van der Waals surface area contributed by atoms with Crippen LogP contribution in [0.25, 0.3) is 0 Å². The predicted octanol–water partition coefficient (Wildman–Crippen LogP) is 0.970. The molecule has 0 amide bonds. The second-order valence-corrected chi connectivity index (χ2v) is 2.57. The zero-order valence-corrected chi connectivity index (χ0v) is 7.00. The van der Waals surface area contributed by atoms with Crippen molar-refractivity contribution in [2.45, 2.75) is 33.4 Å². The van der Waals surface area contributed by atoms with Crippen molar-refractivity contribution in [2.24, 2.45) is 5.92 Å². The Morgan fingerprint density at radius 3 is 2.00 bits per heavy atom. The Morgan fingerprint density at radius 1 is 1.20 bits per heavy atom. The van der Waals surface area contributed by atoms with Gasteiger partial charge in [0.25, 0.3) is 0 Å². The molecule has 0 fully saturated rings. The first-order chi connectivity index (χ1) is 4.57. The molecule has 0 saturated heterocycles. The van der Waals surface area contributed by atoms with E-state index in [9.17, 15) is 0 Å². The number of hydrogen-bond acceptors (Lipinski definition) is 3. The van der Waals surface area contributed by atoms with Gasteiger partial charge in [-0.3, -0.25) is 0 Å². The maximum Gasteiger partial charge on any atom is 0.159 e. The van der Waals surface area contributed by atoms with E-state index in [4.69, 9.17) is 14.6 Å². The number of aliphatic hydroxyl groups excluding tert-OH is 1. The van der Waals surface area contributed by atoms with E-state index in [1.807, 2.05) is 13.8 Å². The molecule has 0 aromatic heterocycles. The van der Waals surface area contributed by atoms with Crippen LogP contribution in [-0.4, -0.2) is 24.8 Å². The average molecular weight is 148 g/mol. The maximum absolute atomic E-state index is 9.13. The van der Waals surface area contributed by atoms with Crippen molar-refractivity contribution < 1.29 is 14.6 Å². The summed E-state index contributed by atoms with van der Waals surface area (Å²) < 4.78 is 9.78. The monoisotopic (exact) mass is 148 g/mol. The zero-order valence-electron chi connectivity index (χ0n) is 7.00. The highest BCUT2D eigenvalue weighted by atomic mass is 16.7. The molecule has 10 heavy (non-hydrogen) atoms. The fraction of sp³-hybridized carbons (Fsp3) is 1.00. The quantitative estimate of drug-likeness (QED) is 0.604. The van der Waals surface area contributed by atoms with E-state index >= 15 is 0 Å². The molecule has 1 N–H and O–H groups in total. The third-order valence-electron chi connectivity index (χ3n) is 1.23. The van der Waals surface area contributed by atoms with E-state index in [1.54, 1.807) is 6.92 Å². The molecule has 2 atom stereocenters. The van der Waals surface area contributed by atoms with Gasteiger partial charge in [-0.2, -0.15) is 0 Å². The fourth-order valence-corrected chi connectivity index (χ4v) is 0.409. The molecular formula is C7H16O3. The van der Waals surface area contributed by atoms with Gasteiger partial charge in [-0.25, -0.2) is 0 Å². The van der Waals surface area contributed by atoms with Crippen LogP contribution >= 0.6 is 0 Å². The Morgan fingerprint density at radius 2 is 1.70 bits per heavy atom. The number of methoxy groups -OCH3 is 1. The summed E-state index contributed by atoms with van der Waals surface area (Å²) in [4.78, 5) is 0. The molecule has 0 aliphatic heterocycles. The Hall–Kier alpha value is -0.120. The molecule has 0 rings (SSSR count). The normalized spacial score (nSPS) is 17.4. The Labute approximate surface area is 62.0 Å². The van der Waals surface area contributed by atoms with Gasteiger partial charge >= 0.3 is 0 Å². The van der Waals surface area contributed by atoms with Gasteiger partial charge in [-0.1, -0.05) is 13.8 Å². The number of rotatable bonds is 4. The number of hydrogen-bond donors (Lipinski definition) is 1. The number of ether oxygens (including phenoxy) is 2. The first-order valence-corrected chi connectivity index (χ1v) is 3.44. The van der Waals surface area contributed by atoms with Crippen molar-refractivity contribution in [3.05, 3.63) is 0 Å². The van der Waals surface area contributed by atoms with E-state index in [2.05, 4.69) is 0 Å². The van der Waals surface area contributed by atoms with Crippen molar-refractivity contribution in [3.8, 4) is 0 Å². The Kier molecular flexibility index (Phi) is 4.60. The molecule has 0 aliphatic rings. The van der Waals surface area contributed by atoms with Crippen molar-refractivity contribution in [1.29, 1.82) is 0 Å². The summed E-state index contributed by atoms with van der Waals surface area (Å²) >= 11 is 0. The van der Waals surface area contributed by atoms with Crippen LogP contribution in [-0.2, 0) is 9.47 Å². The lowest BCUT2D eigenvalue weighted by atomic mass is 10.2. The standard InChI is InChI=1S/C7H16O3/c1-5(2)7(8)10-6(3)9-4/h5-8H,1-4H3. The Bertz CT molecular complexity index is 82.9. The van der Waals surface area contributed by atoms with Crippen LogP contribution in [0.2, 0.25) is 0 Å². The fourth-order valence-electron chi connectivity index (χ4n) is 0.409. The molecule has 0 saturated carbocycles. The lowest BCUT2D eigenvalue weighted by Crippen LogP contribution is -2.25. The van der Waals surface area contributed by atoms with Crippen LogP contribution in [0, 0.1) is 5.92 Å². The molecule has 0 radical (unpaired) electrons. The minimum atomic E-state index is -0.727. The van der Waals surface area contributed by atoms with Crippen molar-refractivity contribution in [3.63, 3.8) is 0 Å². The summed E-state index contributed by atoms with van der Waals surface area (Å²) in [5.41, 5.74) is 0. The van der Waals surface area contributed by atoms with Gasteiger partial charge in [0.15, 0.2) is 12.6 Å². The van der Waals surface area contributed by atoms with E-state index < -0.39 is 6.29 Å². The largest absolute Gasteiger partial charge is 0.368 e. The topological polar surface area (TPSA) is 38.7 Å². The van der Waals surface area contributed by atoms with Gasteiger partial charge in [0.05, 0.1) is 0 Å². The summed E-state index contributed by atoms with van der Waals surface area (Å²) in [6.45, 7) is 5.51. The minimum absolute atomic E-state index is 0.109. The van der Waals surface area contributed by atoms with Crippen LogP contribution in [0.5, 0.6) is 0 Å². The van der Waals surface area contributed by atoms with Gasteiger partial charge in [0, 0.05) is 13.0 Å². The summed E-state index contributed by atoms with van der Waals surface area (Å²) in [5, 5.41) is 9.13.